The third-order valence-electron chi connectivity index (χ3n) is 4.78. The molecule has 0 radical (unpaired) electrons. The van der Waals surface area contributed by atoms with Crippen LogP contribution in [-0.4, -0.2) is 53.4 Å². The maximum Gasteiger partial charge on any atom is 0.264 e. The number of hydrogen-bond donors (Lipinski definition) is 3. The van der Waals surface area contributed by atoms with E-state index in [1.807, 2.05) is 0 Å². The second kappa shape index (κ2) is 5.76. The zero-order valence-electron chi connectivity index (χ0n) is 13.1. The number of anilines is 2. The van der Waals surface area contributed by atoms with Gasteiger partial charge in [0, 0.05) is 31.7 Å². The maximum atomic E-state index is 13.8. The Morgan fingerprint density at radius 1 is 1.24 bits per heavy atom. The molecule has 0 saturated carbocycles. The van der Waals surface area contributed by atoms with Crippen LogP contribution in [0.25, 0.3) is 11.3 Å². The van der Waals surface area contributed by atoms with Gasteiger partial charge >= 0.3 is 0 Å². The molecular weight excluding hydrogens is 335 g/mol. The fraction of sp³-hybridized carbons (Fsp3) is 0.375. The van der Waals surface area contributed by atoms with E-state index in [-0.39, 0.29) is 24.3 Å². The fourth-order valence-electron chi connectivity index (χ4n) is 3.41. The smallest absolute Gasteiger partial charge is 0.264 e. The van der Waals surface area contributed by atoms with Gasteiger partial charge in [0.15, 0.2) is 17.4 Å². The van der Waals surface area contributed by atoms with E-state index >= 15 is 0 Å². The van der Waals surface area contributed by atoms with E-state index in [1.165, 1.54) is 12.1 Å². The van der Waals surface area contributed by atoms with Crippen LogP contribution in [0.5, 0.6) is 5.75 Å². The van der Waals surface area contributed by atoms with Gasteiger partial charge in [-0.05, 0) is 18.2 Å². The molecule has 132 valence electrons. The second-order valence-corrected chi connectivity index (χ2v) is 6.19. The van der Waals surface area contributed by atoms with Crippen LogP contribution < -0.4 is 15.5 Å². The van der Waals surface area contributed by atoms with Crippen LogP contribution in [-0.2, 0) is 0 Å². The monoisotopic (exact) mass is 351 g/mol. The number of nitrogens with one attached hydrogen (secondary N) is 2. The van der Waals surface area contributed by atoms with Gasteiger partial charge in [-0.2, -0.15) is 0 Å². The molecule has 2 aliphatic rings. The van der Waals surface area contributed by atoms with Gasteiger partial charge in [0.05, 0.1) is 11.4 Å². The number of fused-ring (bicyclic) bond motifs is 3. The fourth-order valence-corrected chi connectivity index (χ4v) is 3.41. The molecule has 0 unspecified atom stereocenters. The first-order chi connectivity index (χ1) is 12.0. The van der Waals surface area contributed by atoms with Crippen LogP contribution in [0.4, 0.5) is 24.7 Å². The summed E-state index contributed by atoms with van der Waals surface area (Å²) in [6, 6.07) is 5.64. The summed E-state index contributed by atoms with van der Waals surface area (Å²) in [4.78, 5) is 1.63. The summed E-state index contributed by atoms with van der Waals surface area (Å²) in [5.41, 5.74) is -0.517. The predicted octanol–water partition coefficient (Wildman–Crippen LogP) is 1.83. The highest BCUT2D eigenvalue weighted by molar-refractivity contribution is 5.77. The number of alkyl halides is 2. The highest BCUT2D eigenvalue weighted by Crippen LogP contribution is 2.41. The van der Waals surface area contributed by atoms with E-state index < -0.39 is 23.5 Å². The Bertz CT molecular complexity index is 818. The van der Waals surface area contributed by atoms with E-state index in [4.69, 9.17) is 0 Å². The van der Waals surface area contributed by atoms with E-state index in [1.54, 1.807) is 11.0 Å². The number of aromatic hydroxyl groups is 1. The summed E-state index contributed by atoms with van der Waals surface area (Å²) in [5.74, 6) is -0.919. The first-order valence-corrected chi connectivity index (χ1v) is 7.89. The summed E-state index contributed by atoms with van der Waals surface area (Å²) in [6.07, 6.45) is -2.57. The van der Waals surface area contributed by atoms with Crippen molar-refractivity contribution in [2.45, 2.75) is 12.0 Å². The lowest BCUT2D eigenvalue weighted by molar-refractivity contribution is 0.0464. The van der Waals surface area contributed by atoms with Gasteiger partial charge < -0.3 is 20.6 Å². The zero-order valence-corrected chi connectivity index (χ0v) is 13.1. The number of piperazine rings is 1. The molecule has 1 saturated heterocycles. The largest absolute Gasteiger partial charge is 0.504 e. The van der Waals surface area contributed by atoms with Crippen molar-refractivity contribution in [1.82, 2.24) is 15.5 Å². The minimum atomic E-state index is -2.57. The van der Waals surface area contributed by atoms with E-state index in [2.05, 4.69) is 20.8 Å². The molecule has 1 atom stereocenters. The van der Waals surface area contributed by atoms with Gasteiger partial charge in [-0.15, -0.1) is 10.2 Å². The summed E-state index contributed by atoms with van der Waals surface area (Å²) >= 11 is 0. The summed E-state index contributed by atoms with van der Waals surface area (Å²) < 4.78 is 41.3. The highest BCUT2D eigenvalue weighted by atomic mass is 19.3. The number of nitrogens with zero attached hydrogens (tertiary/aromatic N) is 3. The quantitative estimate of drug-likeness (QED) is 0.767. The zero-order chi connectivity index (χ0) is 17.6. The molecule has 0 bridgehead atoms. The molecule has 2 aromatic rings. The lowest BCUT2D eigenvalue weighted by atomic mass is 9.91. The highest BCUT2D eigenvalue weighted by Gasteiger charge is 2.50. The average Bonchev–Trinajstić information content (AvgIpc) is 2.63. The summed E-state index contributed by atoms with van der Waals surface area (Å²) in [7, 11) is 0. The molecule has 0 aliphatic carbocycles. The van der Waals surface area contributed by atoms with Gasteiger partial charge in [0.1, 0.15) is 5.54 Å². The van der Waals surface area contributed by atoms with Gasteiger partial charge in [0.2, 0.25) is 0 Å². The average molecular weight is 351 g/mol. The van der Waals surface area contributed by atoms with Crippen molar-refractivity contribution in [2.24, 2.45) is 0 Å². The molecule has 25 heavy (non-hydrogen) atoms. The Balaban J connectivity index is 1.82. The van der Waals surface area contributed by atoms with Crippen molar-refractivity contribution >= 4 is 11.5 Å². The lowest BCUT2D eigenvalue weighted by Crippen LogP contribution is -2.70. The van der Waals surface area contributed by atoms with E-state index in [0.717, 1.165) is 6.07 Å². The normalized spacial score (nSPS) is 22.3. The number of rotatable bonds is 2. The van der Waals surface area contributed by atoms with Crippen LogP contribution in [0, 0.1) is 5.82 Å². The Labute approximate surface area is 141 Å². The third-order valence-corrected chi connectivity index (χ3v) is 4.78. The Kier molecular flexibility index (Phi) is 3.68. The number of benzene rings is 1. The number of phenols is 1. The maximum absolute atomic E-state index is 13.8. The Hall–Kier alpha value is -2.55. The molecule has 1 aromatic carbocycles. The molecule has 2 aliphatic heterocycles. The van der Waals surface area contributed by atoms with Crippen molar-refractivity contribution < 1.29 is 18.3 Å². The van der Waals surface area contributed by atoms with Crippen molar-refractivity contribution in [2.75, 3.05) is 36.4 Å². The number of phenolic OH excluding ortho intramolecular Hbond substituents is 1. The first-order valence-electron chi connectivity index (χ1n) is 7.89. The molecule has 9 heteroatoms. The number of halogens is 3. The molecule has 6 nitrogen and oxygen atoms in total. The molecule has 1 aromatic heterocycles. The van der Waals surface area contributed by atoms with Gasteiger partial charge in [-0.25, -0.2) is 13.2 Å². The SMILES string of the molecule is Oc1c(F)cccc1-c1cc2c(nn1)NC[C@]1(C(F)F)CNCCN21. The first kappa shape index (κ1) is 15.9. The second-order valence-electron chi connectivity index (χ2n) is 6.19. The van der Waals surface area contributed by atoms with Crippen LogP contribution in [0.15, 0.2) is 24.3 Å². The molecule has 1 fully saturated rings. The Morgan fingerprint density at radius 2 is 2.08 bits per heavy atom. The van der Waals surface area contributed by atoms with E-state index in [9.17, 15) is 18.3 Å². The van der Waals surface area contributed by atoms with E-state index in [0.29, 0.717) is 24.6 Å². The van der Waals surface area contributed by atoms with Crippen LogP contribution in [0.3, 0.4) is 0 Å². The van der Waals surface area contributed by atoms with Crippen molar-refractivity contribution in [1.29, 1.82) is 0 Å². The van der Waals surface area contributed by atoms with Crippen LogP contribution in [0.2, 0.25) is 0 Å². The topological polar surface area (TPSA) is 73.3 Å². The minimum Gasteiger partial charge on any atom is -0.504 e. The van der Waals surface area contributed by atoms with Crippen LogP contribution in [0.1, 0.15) is 0 Å². The molecule has 3 heterocycles. The van der Waals surface area contributed by atoms with Crippen molar-refractivity contribution in [3.63, 3.8) is 0 Å². The molecule has 0 amide bonds. The number of hydrogen-bond acceptors (Lipinski definition) is 6. The minimum absolute atomic E-state index is 0.0455. The van der Waals surface area contributed by atoms with Crippen molar-refractivity contribution in [3.05, 3.63) is 30.1 Å². The lowest BCUT2D eigenvalue weighted by Gasteiger charge is -2.51. The molecule has 0 spiro atoms. The molecular formula is C16H16F3N5O. The summed E-state index contributed by atoms with van der Waals surface area (Å²) in [5, 5.41) is 23.9. The van der Waals surface area contributed by atoms with Gasteiger partial charge in [-0.3, -0.25) is 0 Å². The van der Waals surface area contributed by atoms with Crippen molar-refractivity contribution in [3.8, 4) is 17.0 Å². The summed E-state index contributed by atoms with van der Waals surface area (Å²) in [6.45, 7) is 1.14. The van der Waals surface area contributed by atoms with Gasteiger partial charge in [-0.1, -0.05) is 6.07 Å². The molecule has 3 N–H and O–H groups in total. The standard InChI is InChI=1S/C16H16F3N5O/c17-10-3-1-2-9(13(10)25)11-6-12-14(23-22-11)21-8-16(15(18)19)7-20-4-5-24(12)16/h1-3,6,15,20,25H,4-5,7-8H2,(H,21,23)/t16-/m0/s1. The third kappa shape index (κ3) is 2.38. The van der Waals surface area contributed by atoms with Crippen LogP contribution >= 0.6 is 0 Å². The van der Waals surface area contributed by atoms with Gasteiger partial charge in [0.25, 0.3) is 6.43 Å². The predicted molar refractivity (Wildman–Crippen MR) is 86.5 cm³/mol. The molecule has 4 rings (SSSR count). The Morgan fingerprint density at radius 3 is 2.88 bits per heavy atom. The number of para-hydroxylation sites is 1. The number of aromatic nitrogens is 2.